The number of hydrogen-bond donors (Lipinski definition) is 0. The maximum Gasteiger partial charge on any atom is 0.228 e. The summed E-state index contributed by atoms with van der Waals surface area (Å²) in [7, 11) is 2.08. The van der Waals surface area contributed by atoms with Crippen LogP contribution in [0.3, 0.4) is 0 Å². The highest BCUT2D eigenvalue weighted by atomic mass is 16.5. The smallest absolute Gasteiger partial charge is 0.228 e. The molecule has 0 aromatic carbocycles. The van der Waals surface area contributed by atoms with Crippen LogP contribution in [0, 0.1) is 12.8 Å². The van der Waals surface area contributed by atoms with Gasteiger partial charge in [0.05, 0.1) is 12.5 Å². The van der Waals surface area contributed by atoms with Gasteiger partial charge in [0.15, 0.2) is 0 Å². The fraction of sp³-hybridized carbons (Fsp3) is 0.688. The quantitative estimate of drug-likeness (QED) is 0.841. The van der Waals surface area contributed by atoms with Crippen molar-refractivity contribution in [2.24, 2.45) is 5.92 Å². The lowest BCUT2D eigenvalue weighted by Crippen LogP contribution is -2.47. The minimum absolute atomic E-state index is 0.0822. The van der Waals surface area contributed by atoms with Crippen LogP contribution in [0.15, 0.2) is 12.4 Å². The van der Waals surface area contributed by atoms with Gasteiger partial charge < -0.3 is 14.5 Å². The van der Waals surface area contributed by atoms with Gasteiger partial charge in [-0.2, -0.15) is 0 Å². The number of ether oxygens (including phenoxy) is 1. The number of hydrogen-bond acceptors (Lipinski definition) is 5. The first-order chi connectivity index (χ1) is 10.6. The van der Waals surface area contributed by atoms with E-state index in [1.165, 1.54) is 0 Å². The molecule has 1 amide bonds. The largest absolute Gasteiger partial charge is 0.381 e. The molecule has 0 aliphatic carbocycles. The third kappa shape index (κ3) is 3.21. The summed E-state index contributed by atoms with van der Waals surface area (Å²) in [6.45, 7) is 4.95. The average Bonchev–Trinajstić information content (AvgIpc) is 3.08. The number of carbonyl (C=O) groups excluding carboxylic acids is 1. The molecule has 2 fully saturated rings. The van der Waals surface area contributed by atoms with Gasteiger partial charge in [-0.1, -0.05) is 0 Å². The van der Waals surface area contributed by atoms with Gasteiger partial charge in [0.2, 0.25) is 5.91 Å². The molecule has 3 rings (SSSR count). The van der Waals surface area contributed by atoms with Crippen molar-refractivity contribution >= 4 is 11.7 Å². The van der Waals surface area contributed by atoms with E-state index >= 15 is 0 Å². The molecule has 0 N–H and O–H groups in total. The van der Waals surface area contributed by atoms with Crippen LogP contribution in [0.5, 0.6) is 0 Å². The molecule has 3 heterocycles. The Labute approximate surface area is 131 Å². The first-order valence-corrected chi connectivity index (χ1v) is 8.03. The van der Waals surface area contributed by atoms with Gasteiger partial charge in [-0.05, 0) is 26.2 Å². The molecule has 1 atom stereocenters. The van der Waals surface area contributed by atoms with Crippen LogP contribution in [0.25, 0.3) is 0 Å². The Morgan fingerprint density at radius 3 is 2.73 bits per heavy atom. The van der Waals surface area contributed by atoms with Crippen molar-refractivity contribution in [3.8, 4) is 0 Å². The van der Waals surface area contributed by atoms with Crippen LogP contribution in [-0.4, -0.2) is 60.2 Å². The molecule has 120 valence electrons. The average molecular weight is 304 g/mol. The number of anilines is 1. The third-order valence-electron chi connectivity index (χ3n) is 4.75. The molecular formula is C16H24N4O2. The molecule has 0 saturated carbocycles. The predicted molar refractivity (Wildman–Crippen MR) is 83.7 cm³/mol. The van der Waals surface area contributed by atoms with Crippen molar-refractivity contribution in [3.05, 3.63) is 18.1 Å². The normalized spacial score (nSPS) is 22.8. The Morgan fingerprint density at radius 2 is 2.09 bits per heavy atom. The molecule has 1 unspecified atom stereocenters. The fourth-order valence-corrected chi connectivity index (χ4v) is 3.28. The van der Waals surface area contributed by atoms with E-state index in [1.54, 1.807) is 6.33 Å². The van der Waals surface area contributed by atoms with Crippen LogP contribution in [-0.2, 0) is 9.53 Å². The molecule has 2 aliphatic rings. The summed E-state index contributed by atoms with van der Waals surface area (Å²) in [4.78, 5) is 25.1. The topological polar surface area (TPSA) is 58.6 Å². The van der Waals surface area contributed by atoms with Gasteiger partial charge in [0, 0.05) is 44.5 Å². The Morgan fingerprint density at radius 1 is 1.32 bits per heavy atom. The summed E-state index contributed by atoms with van der Waals surface area (Å²) < 4.78 is 5.33. The molecule has 2 saturated heterocycles. The summed E-state index contributed by atoms with van der Waals surface area (Å²) in [5.74, 6) is 1.32. The SMILES string of the molecule is Cc1cc(N(C)C2CCN(C(=O)C3CCOC3)CC2)ncn1. The standard InChI is InChI=1S/C16H24N4O2/c1-12-9-15(18-11-17-12)19(2)14-3-6-20(7-4-14)16(21)13-5-8-22-10-13/h9,11,13-14H,3-8,10H2,1-2H3. The number of rotatable bonds is 3. The molecule has 0 bridgehead atoms. The first-order valence-electron chi connectivity index (χ1n) is 8.03. The maximum absolute atomic E-state index is 12.4. The number of amides is 1. The second-order valence-electron chi connectivity index (χ2n) is 6.25. The monoisotopic (exact) mass is 304 g/mol. The van der Waals surface area contributed by atoms with Gasteiger partial charge in [-0.3, -0.25) is 4.79 Å². The van der Waals surface area contributed by atoms with Crippen molar-refractivity contribution < 1.29 is 9.53 Å². The van der Waals surface area contributed by atoms with E-state index in [4.69, 9.17) is 4.74 Å². The van der Waals surface area contributed by atoms with Crippen molar-refractivity contribution in [1.29, 1.82) is 0 Å². The molecular weight excluding hydrogens is 280 g/mol. The summed E-state index contributed by atoms with van der Waals surface area (Å²) in [5.41, 5.74) is 0.977. The van der Waals surface area contributed by atoms with Gasteiger partial charge in [0.1, 0.15) is 12.1 Å². The van der Waals surface area contributed by atoms with Crippen LogP contribution < -0.4 is 4.90 Å². The van der Waals surface area contributed by atoms with Crippen molar-refractivity contribution in [2.45, 2.75) is 32.2 Å². The number of likely N-dealkylation sites (tertiary alicyclic amines) is 1. The molecule has 6 heteroatoms. The van der Waals surface area contributed by atoms with Crippen LogP contribution in [0.2, 0.25) is 0 Å². The Bertz CT molecular complexity index is 523. The molecule has 22 heavy (non-hydrogen) atoms. The molecule has 6 nitrogen and oxygen atoms in total. The Hall–Kier alpha value is -1.69. The number of aryl methyl sites for hydroxylation is 1. The maximum atomic E-state index is 12.4. The molecule has 1 aromatic heterocycles. The Kier molecular flexibility index (Phi) is 4.57. The van der Waals surface area contributed by atoms with E-state index in [-0.39, 0.29) is 11.8 Å². The van der Waals surface area contributed by atoms with E-state index in [2.05, 4.69) is 21.9 Å². The summed E-state index contributed by atoms with van der Waals surface area (Å²) in [6, 6.07) is 2.44. The highest BCUT2D eigenvalue weighted by molar-refractivity contribution is 5.79. The van der Waals surface area contributed by atoms with Crippen molar-refractivity contribution in [2.75, 3.05) is 38.3 Å². The lowest BCUT2D eigenvalue weighted by molar-refractivity contribution is -0.136. The second kappa shape index (κ2) is 6.60. The second-order valence-corrected chi connectivity index (χ2v) is 6.25. The van der Waals surface area contributed by atoms with Gasteiger partial charge in [-0.15, -0.1) is 0 Å². The zero-order valence-electron chi connectivity index (χ0n) is 13.4. The molecule has 0 spiro atoms. The van der Waals surface area contributed by atoms with Crippen LogP contribution in [0.1, 0.15) is 25.0 Å². The minimum Gasteiger partial charge on any atom is -0.381 e. The number of aromatic nitrogens is 2. The summed E-state index contributed by atoms with van der Waals surface area (Å²) in [5, 5.41) is 0. The van der Waals surface area contributed by atoms with E-state index < -0.39 is 0 Å². The lowest BCUT2D eigenvalue weighted by Gasteiger charge is -2.38. The molecule has 0 radical (unpaired) electrons. The summed E-state index contributed by atoms with van der Waals surface area (Å²) in [6.07, 6.45) is 4.45. The predicted octanol–water partition coefficient (Wildman–Crippen LogP) is 1.25. The van der Waals surface area contributed by atoms with Gasteiger partial charge >= 0.3 is 0 Å². The highest BCUT2D eigenvalue weighted by Crippen LogP contribution is 2.23. The van der Waals surface area contributed by atoms with E-state index in [1.807, 2.05) is 17.9 Å². The van der Waals surface area contributed by atoms with E-state index in [0.29, 0.717) is 12.6 Å². The fourth-order valence-electron chi connectivity index (χ4n) is 3.28. The highest BCUT2D eigenvalue weighted by Gasteiger charge is 2.31. The van der Waals surface area contributed by atoms with Gasteiger partial charge in [0.25, 0.3) is 0 Å². The Balaban J connectivity index is 1.56. The zero-order chi connectivity index (χ0) is 15.5. The zero-order valence-corrected chi connectivity index (χ0v) is 13.4. The number of nitrogens with zero attached hydrogens (tertiary/aromatic N) is 4. The van der Waals surface area contributed by atoms with Gasteiger partial charge in [-0.25, -0.2) is 9.97 Å². The third-order valence-corrected chi connectivity index (χ3v) is 4.75. The van der Waals surface area contributed by atoms with Crippen molar-refractivity contribution in [1.82, 2.24) is 14.9 Å². The molecule has 1 aromatic rings. The van der Waals surface area contributed by atoms with E-state index in [9.17, 15) is 4.79 Å². The lowest BCUT2D eigenvalue weighted by atomic mass is 10.0. The van der Waals surface area contributed by atoms with Crippen molar-refractivity contribution in [3.63, 3.8) is 0 Å². The van der Waals surface area contributed by atoms with E-state index in [0.717, 1.165) is 50.5 Å². The minimum atomic E-state index is 0.0822. The first kappa shape index (κ1) is 15.2. The van der Waals surface area contributed by atoms with Crippen LogP contribution in [0.4, 0.5) is 5.82 Å². The number of piperidine rings is 1. The molecule has 2 aliphatic heterocycles. The summed E-state index contributed by atoms with van der Waals surface area (Å²) >= 11 is 0. The van der Waals surface area contributed by atoms with Crippen LogP contribution >= 0.6 is 0 Å². The number of carbonyl (C=O) groups is 1.